The Morgan fingerprint density at radius 1 is 0.731 bits per heavy atom. The van der Waals surface area contributed by atoms with Gasteiger partial charge in [-0.2, -0.15) is 0 Å². The van der Waals surface area contributed by atoms with Crippen LogP contribution >= 0.6 is 0 Å². The third kappa shape index (κ3) is 4.42. The van der Waals surface area contributed by atoms with Gasteiger partial charge in [0.15, 0.2) is 0 Å². The molecule has 5 nitrogen and oxygen atoms in total. The minimum absolute atomic E-state index is 0.364. The Hall–Kier alpha value is -0.650. The first kappa shape index (κ1) is 18.7. The zero-order chi connectivity index (χ0) is 17.9. The molecule has 0 aromatic carbocycles. The molecule has 0 aromatic rings. The van der Waals surface area contributed by atoms with Gasteiger partial charge in [0.25, 0.3) is 0 Å². The van der Waals surface area contributed by atoms with Gasteiger partial charge in [0.1, 0.15) is 0 Å². The molecule has 0 bridgehead atoms. The van der Waals surface area contributed by atoms with Crippen LogP contribution in [0.1, 0.15) is 51.9 Å². The van der Waals surface area contributed by atoms with Crippen molar-refractivity contribution in [3.8, 4) is 0 Å². The summed E-state index contributed by atoms with van der Waals surface area (Å²) in [6.07, 6.45) is 9.37. The molecule has 148 valence electrons. The fraction of sp³-hybridized carbons (Fsp3) is 0.952. The molecule has 0 aromatic heterocycles. The number of carbonyl (C=O) groups excluding carboxylic acids is 1. The van der Waals surface area contributed by atoms with Gasteiger partial charge < -0.3 is 9.80 Å². The van der Waals surface area contributed by atoms with E-state index in [4.69, 9.17) is 0 Å². The summed E-state index contributed by atoms with van der Waals surface area (Å²) in [6, 6.07) is 1.59. The number of likely N-dealkylation sites (tertiary alicyclic amines) is 2. The van der Waals surface area contributed by atoms with Gasteiger partial charge in [-0.1, -0.05) is 13.3 Å². The molecular weight excluding hydrogens is 324 g/mol. The second kappa shape index (κ2) is 8.57. The van der Waals surface area contributed by atoms with E-state index in [9.17, 15) is 4.79 Å². The highest BCUT2D eigenvalue weighted by Crippen LogP contribution is 2.26. The molecule has 1 amide bonds. The highest BCUT2D eigenvalue weighted by atomic mass is 16.2. The van der Waals surface area contributed by atoms with Crippen LogP contribution in [0.2, 0.25) is 0 Å². The lowest BCUT2D eigenvalue weighted by Gasteiger charge is -2.44. The molecule has 4 fully saturated rings. The third-order valence-electron chi connectivity index (χ3n) is 7.51. The Balaban J connectivity index is 1.15. The lowest BCUT2D eigenvalue weighted by atomic mass is 9.91. The van der Waals surface area contributed by atoms with Crippen molar-refractivity contribution in [2.24, 2.45) is 5.92 Å². The van der Waals surface area contributed by atoms with E-state index < -0.39 is 0 Å². The number of carbonyl (C=O) groups is 1. The SMILES string of the molecule is CC1CCN(C2CCN(CC(=O)N3CCN(C4CCC4)CC3)CC2)CC1. The fourth-order valence-corrected chi connectivity index (χ4v) is 5.22. The first-order chi connectivity index (χ1) is 12.7. The Morgan fingerprint density at radius 2 is 1.31 bits per heavy atom. The van der Waals surface area contributed by atoms with E-state index in [1.165, 1.54) is 58.0 Å². The van der Waals surface area contributed by atoms with Crippen LogP contribution in [-0.2, 0) is 4.79 Å². The molecule has 4 aliphatic rings. The highest BCUT2D eigenvalue weighted by Gasteiger charge is 2.31. The van der Waals surface area contributed by atoms with Gasteiger partial charge >= 0.3 is 0 Å². The summed E-state index contributed by atoms with van der Waals surface area (Å²) in [4.78, 5) is 22.6. The molecule has 26 heavy (non-hydrogen) atoms. The molecule has 0 N–H and O–H groups in total. The Bertz CT molecular complexity index is 457. The van der Waals surface area contributed by atoms with Gasteiger partial charge in [-0.25, -0.2) is 0 Å². The van der Waals surface area contributed by atoms with Crippen LogP contribution in [0.25, 0.3) is 0 Å². The molecule has 0 unspecified atom stereocenters. The van der Waals surface area contributed by atoms with Gasteiger partial charge in [-0.15, -0.1) is 0 Å². The number of hydrogen-bond acceptors (Lipinski definition) is 4. The summed E-state index contributed by atoms with van der Waals surface area (Å²) < 4.78 is 0. The minimum Gasteiger partial charge on any atom is -0.339 e. The van der Waals surface area contributed by atoms with Gasteiger partial charge in [-0.3, -0.25) is 14.6 Å². The van der Waals surface area contributed by atoms with Crippen LogP contribution in [-0.4, -0.2) is 96.5 Å². The van der Waals surface area contributed by atoms with Crippen LogP contribution in [0.3, 0.4) is 0 Å². The lowest BCUT2D eigenvalue weighted by molar-refractivity contribution is -0.135. The van der Waals surface area contributed by atoms with Crippen molar-refractivity contribution < 1.29 is 4.79 Å². The van der Waals surface area contributed by atoms with Gasteiger partial charge in [-0.05, 0) is 57.5 Å². The predicted octanol–water partition coefficient (Wildman–Crippen LogP) is 1.88. The average Bonchev–Trinajstić information content (AvgIpc) is 2.62. The maximum Gasteiger partial charge on any atom is 0.236 e. The van der Waals surface area contributed by atoms with Crippen molar-refractivity contribution in [1.29, 1.82) is 0 Å². The first-order valence-electron chi connectivity index (χ1n) is 11.2. The van der Waals surface area contributed by atoms with Crippen molar-refractivity contribution in [3.05, 3.63) is 0 Å². The van der Waals surface area contributed by atoms with E-state index in [0.717, 1.165) is 57.3 Å². The third-order valence-corrected chi connectivity index (χ3v) is 7.51. The smallest absolute Gasteiger partial charge is 0.236 e. The standard InChI is InChI=1S/C21H38N4O/c1-18-5-11-23(12-6-18)20-7-9-22(10-8-20)17-21(26)25-15-13-24(14-16-25)19-3-2-4-19/h18-20H,2-17H2,1H3. The van der Waals surface area contributed by atoms with Crippen molar-refractivity contribution in [1.82, 2.24) is 19.6 Å². The van der Waals surface area contributed by atoms with Gasteiger partial charge in [0.05, 0.1) is 6.54 Å². The maximum absolute atomic E-state index is 12.7. The van der Waals surface area contributed by atoms with E-state index in [0.29, 0.717) is 12.5 Å². The largest absolute Gasteiger partial charge is 0.339 e. The van der Waals surface area contributed by atoms with E-state index in [-0.39, 0.29) is 0 Å². The molecule has 0 atom stereocenters. The number of amides is 1. The molecule has 3 heterocycles. The fourth-order valence-electron chi connectivity index (χ4n) is 5.22. The molecule has 1 saturated carbocycles. The highest BCUT2D eigenvalue weighted by molar-refractivity contribution is 5.78. The quantitative estimate of drug-likeness (QED) is 0.764. The van der Waals surface area contributed by atoms with Crippen LogP contribution in [0.15, 0.2) is 0 Å². The van der Waals surface area contributed by atoms with Gasteiger partial charge in [0.2, 0.25) is 5.91 Å². The molecule has 4 rings (SSSR count). The lowest BCUT2D eigenvalue weighted by Crippen LogP contribution is -2.55. The van der Waals surface area contributed by atoms with Crippen LogP contribution in [0, 0.1) is 5.92 Å². The maximum atomic E-state index is 12.7. The summed E-state index contributed by atoms with van der Waals surface area (Å²) in [5.74, 6) is 1.28. The van der Waals surface area contributed by atoms with E-state index in [1.54, 1.807) is 0 Å². The van der Waals surface area contributed by atoms with E-state index in [2.05, 4.69) is 26.5 Å². The molecule has 0 spiro atoms. The molecule has 3 aliphatic heterocycles. The Morgan fingerprint density at radius 3 is 1.88 bits per heavy atom. The molecule has 1 aliphatic carbocycles. The van der Waals surface area contributed by atoms with Gasteiger partial charge in [0, 0.05) is 51.4 Å². The number of piperidine rings is 2. The molecule has 5 heteroatoms. The van der Waals surface area contributed by atoms with Crippen molar-refractivity contribution >= 4 is 5.91 Å². The molecule has 3 saturated heterocycles. The van der Waals surface area contributed by atoms with Crippen molar-refractivity contribution in [3.63, 3.8) is 0 Å². The van der Waals surface area contributed by atoms with Crippen LogP contribution in [0.5, 0.6) is 0 Å². The van der Waals surface area contributed by atoms with Crippen molar-refractivity contribution in [2.75, 3.05) is 58.9 Å². The molecular formula is C21H38N4O. The first-order valence-corrected chi connectivity index (χ1v) is 11.2. The predicted molar refractivity (Wildman–Crippen MR) is 105 cm³/mol. The number of piperazine rings is 1. The monoisotopic (exact) mass is 362 g/mol. The zero-order valence-electron chi connectivity index (χ0n) is 16.7. The van der Waals surface area contributed by atoms with E-state index in [1.807, 2.05) is 0 Å². The minimum atomic E-state index is 0.364. The second-order valence-electron chi connectivity index (χ2n) is 9.23. The van der Waals surface area contributed by atoms with Crippen LogP contribution < -0.4 is 0 Å². The van der Waals surface area contributed by atoms with Crippen LogP contribution in [0.4, 0.5) is 0 Å². The summed E-state index contributed by atoms with van der Waals surface area (Å²) in [5.41, 5.74) is 0. The van der Waals surface area contributed by atoms with E-state index >= 15 is 0 Å². The summed E-state index contributed by atoms with van der Waals surface area (Å²) in [5, 5.41) is 0. The average molecular weight is 363 g/mol. The summed E-state index contributed by atoms with van der Waals surface area (Å²) >= 11 is 0. The number of hydrogen-bond donors (Lipinski definition) is 0. The number of rotatable bonds is 4. The Kier molecular flexibility index (Phi) is 6.17. The summed E-state index contributed by atoms with van der Waals surface area (Å²) in [6.45, 7) is 11.9. The molecule has 0 radical (unpaired) electrons. The number of nitrogens with zero attached hydrogens (tertiary/aromatic N) is 4. The Labute approximate surface area is 159 Å². The second-order valence-corrected chi connectivity index (χ2v) is 9.23. The summed E-state index contributed by atoms with van der Waals surface area (Å²) in [7, 11) is 0. The van der Waals surface area contributed by atoms with Crippen molar-refractivity contribution in [2.45, 2.75) is 64.0 Å². The topological polar surface area (TPSA) is 30.0 Å². The zero-order valence-corrected chi connectivity index (χ0v) is 16.7. The normalized spacial score (nSPS) is 29.0.